The average molecular weight is 217 g/mol. The lowest BCUT2D eigenvalue weighted by atomic mass is 10.1. The summed E-state index contributed by atoms with van der Waals surface area (Å²) in [5, 5.41) is 0. The van der Waals surface area contributed by atoms with Gasteiger partial charge >= 0.3 is 0 Å². The van der Waals surface area contributed by atoms with E-state index in [1.807, 2.05) is 0 Å². The van der Waals surface area contributed by atoms with Gasteiger partial charge in [0.1, 0.15) is 5.82 Å². The maximum Gasteiger partial charge on any atom is 0.109 e. The standard InChI is InChI=1S/C13H19N3/c1-9-7-10(2)13-11(8-9)16(3)12(15-13)5-4-6-14/h7-8H,4-6,14H2,1-3H3. The fraction of sp³-hybridized carbons (Fsp3) is 0.462. The summed E-state index contributed by atoms with van der Waals surface area (Å²) in [5.74, 6) is 1.13. The van der Waals surface area contributed by atoms with E-state index >= 15 is 0 Å². The smallest absolute Gasteiger partial charge is 0.109 e. The van der Waals surface area contributed by atoms with Gasteiger partial charge in [0.15, 0.2) is 0 Å². The Bertz CT molecular complexity index is 511. The SMILES string of the molecule is Cc1cc(C)c2nc(CCCN)n(C)c2c1. The topological polar surface area (TPSA) is 43.8 Å². The van der Waals surface area contributed by atoms with Crippen molar-refractivity contribution in [1.82, 2.24) is 9.55 Å². The van der Waals surface area contributed by atoms with Crippen LogP contribution in [0.3, 0.4) is 0 Å². The predicted molar refractivity (Wildman–Crippen MR) is 67.6 cm³/mol. The van der Waals surface area contributed by atoms with Crippen molar-refractivity contribution in [3.8, 4) is 0 Å². The summed E-state index contributed by atoms with van der Waals surface area (Å²) in [5.41, 5.74) is 10.4. The first-order valence-corrected chi connectivity index (χ1v) is 5.76. The van der Waals surface area contributed by atoms with Gasteiger partial charge in [-0.15, -0.1) is 0 Å². The summed E-state index contributed by atoms with van der Waals surface area (Å²) >= 11 is 0. The molecule has 2 rings (SSSR count). The molecule has 0 unspecified atom stereocenters. The third-order valence-corrected chi connectivity index (χ3v) is 3.02. The van der Waals surface area contributed by atoms with Crippen LogP contribution in [0.25, 0.3) is 11.0 Å². The van der Waals surface area contributed by atoms with Gasteiger partial charge in [-0.3, -0.25) is 0 Å². The maximum atomic E-state index is 5.54. The van der Waals surface area contributed by atoms with E-state index in [9.17, 15) is 0 Å². The lowest BCUT2D eigenvalue weighted by molar-refractivity contribution is 0.741. The number of hydrogen-bond acceptors (Lipinski definition) is 2. The highest BCUT2D eigenvalue weighted by molar-refractivity contribution is 5.80. The summed E-state index contributed by atoms with van der Waals surface area (Å²) in [6.45, 7) is 4.97. The van der Waals surface area contributed by atoms with E-state index in [4.69, 9.17) is 10.7 Å². The van der Waals surface area contributed by atoms with E-state index in [1.54, 1.807) is 0 Å². The van der Waals surface area contributed by atoms with Crippen LogP contribution in [0.15, 0.2) is 12.1 Å². The maximum absolute atomic E-state index is 5.54. The van der Waals surface area contributed by atoms with Crippen molar-refractivity contribution >= 4 is 11.0 Å². The molecule has 0 aliphatic carbocycles. The number of fused-ring (bicyclic) bond motifs is 1. The van der Waals surface area contributed by atoms with Crippen molar-refractivity contribution in [2.24, 2.45) is 12.8 Å². The molecule has 0 fully saturated rings. The molecule has 16 heavy (non-hydrogen) atoms. The number of nitrogens with two attached hydrogens (primary N) is 1. The highest BCUT2D eigenvalue weighted by Gasteiger charge is 2.09. The quantitative estimate of drug-likeness (QED) is 0.855. The summed E-state index contributed by atoms with van der Waals surface area (Å²) in [7, 11) is 2.08. The molecule has 0 spiro atoms. The minimum Gasteiger partial charge on any atom is -0.331 e. The second-order valence-corrected chi connectivity index (χ2v) is 4.43. The van der Waals surface area contributed by atoms with Gasteiger partial charge in [-0.25, -0.2) is 4.98 Å². The van der Waals surface area contributed by atoms with Crippen LogP contribution in [-0.4, -0.2) is 16.1 Å². The van der Waals surface area contributed by atoms with E-state index in [2.05, 4.69) is 37.6 Å². The van der Waals surface area contributed by atoms with Gasteiger partial charge in [0.25, 0.3) is 0 Å². The Morgan fingerprint density at radius 3 is 2.75 bits per heavy atom. The monoisotopic (exact) mass is 217 g/mol. The largest absolute Gasteiger partial charge is 0.331 e. The summed E-state index contributed by atoms with van der Waals surface area (Å²) in [4.78, 5) is 4.70. The van der Waals surface area contributed by atoms with Gasteiger partial charge in [0.2, 0.25) is 0 Å². The van der Waals surface area contributed by atoms with E-state index < -0.39 is 0 Å². The third kappa shape index (κ3) is 1.83. The Kier molecular flexibility index (Phi) is 2.97. The van der Waals surface area contributed by atoms with Crippen molar-refractivity contribution in [2.45, 2.75) is 26.7 Å². The van der Waals surface area contributed by atoms with Crippen molar-refractivity contribution in [2.75, 3.05) is 6.54 Å². The number of nitrogens with zero attached hydrogens (tertiary/aromatic N) is 2. The molecule has 0 aliphatic rings. The van der Waals surface area contributed by atoms with Crippen molar-refractivity contribution < 1.29 is 0 Å². The number of hydrogen-bond donors (Lipinski definition) is 1. The van der Waals surface area contributed by atoms with Crippen LogP contribution in [0.2, 0.25) is 0 Å². The molecule has 0 radical (unpaired) electrons. The van der Waals surface area contributed by atoms with E-state index in [-0.39, 0.29) is 0 Å². The lowest BCUT2D eigenvalue weighted by Gasteiger charge is -2.02. The highest BCUT2D eigenvalue weighted by atomic mass is 15.1. The van der Waals surface area contributed by atoms with Crippen LogP contribution in [-0.2, 0) is 13.5 Å². The first kappa shape index (κ1) is 11.1. The van der Waals surface area contributed by atoms with Gasteiger partial charge in [0.05, 0.1) is 11.0 Å². The van der Waals surface area contributed by atoms with Crippen molar-refractivity contribution in [1.29, 1.82) is 0 Å². The number of benzene rings is 1. The van der Waals surface area contributed by atoms with Crippen LogP contribution in [0.4, 0.5) is 0 Å². The average Bonchev–Trinajstić information content (AvgIpc) is 2.54. The Balaban J connectivity index is 2.54. The van der Waals surface area contributed by atoms with Gasteiger partial charge < -0.3 is 10.3 Å². The number of rotatable bonds is 3. The van der Waals surface area contributed by atoms with Crippen molar-refractivity contribution in [3.05, 3.63) is 29.1 Å². The van der Waals surface area contributed by atoms with Crippen molar-refractivity contribution in [3.63, 3.8) is 0 Å². The molecule has 0 atom stereocenters. The zero-order chi connectivity index (χ0) is 11.7. The van der Waals surface area contributed by atoms with Crippen LogP contribution in [0, 0.1) is 13.8 Å². The molecule has 0 saturated carbocycles. The first-order valence-electron chi connectivity index (χ1n) is 5.76. The number of aryl methyl sites for hydroxylation is 4. The molecule has 1 heterocycles. The van der Waals surface area contributed by atoms with E-state index in [1.165, 1.54) is 16.6 Å². The van der Waals surface area contributed by atoms with E-state index in [0.29, 0.717) is 0 Å². The summed E-state index contributed by atoms with van der Waals surface area (Å²) in [6.07, 6.45) is 1.95. The molecule has 1 aromatic heterocycles. The summed E-state index contributed by atoms with van der Waals surface area (Å²) < 4.78 is 2.19. The molecule has 3 heteroatoms. The van der Waals surface area contributed by atoms with Crippen LogP contribution >= 0.6 is 0 Å². The minimum atomic E-state index is 0.723. The lowest BCUT2D eigenvalue weighted by Crippen LogP contribution is -2.04. The fourth-order valence-electron chi connectivity index (χ4n) is 2.17. The number of aromatic nitrogens is 2. The first-order chi connectivity index (χ1) is 7.63. The van der Waals surface area contributed by atoms with Gasteiger partial charge in [0, 0.05) is 13.5 Å². The highest BCUT2D eigenvalue weighted by Crippen LogP contribution is 2.21. The van der Waals surface area contributed by atoms with Gasteiger partial charge in [-0.1, -0.05) is 6.07 Å². The number of imidazole rings is 1. The van der Waals surface area contributed by atoms with Crippen LogP contribution in [0.1, 0.15) is 23.4 Å². The molecule has 0 aliphatic heterocycles. The zero-order valence-corrected chi connectivity index (χ0v) is 10.2. The van der Waals surface area contributed by atoms with Crippen LogP contribution < -0.4 is 5.73 Å². The second kappa shape index (κ2) is 4.26. The van der Waals surface area contributed by atoms with Gasteiger partial charge in [-0.05, 0) is 44.0 Å². The third-order valence-electron chi connectivity index (χ3n) is 3.02. The fourth-order valence-corrected chi connectivity index (χ4v) is 2.17. The summed E-state index contributed by atoms with van der Waals surface area (Å²) in [6, 6.07) is 4.38. The predicted octanol–water partition coefficient (Wildman–Crippen LogP) is 2.08. The molecule has 2 aromatic rings. The molecule has 3 nitrogen and oxygen atoms in total. The zero-order valence-electron chi connectivity index (χ0n) is 10.2. The Labute approximate surface area is 96.3 Å². The molecule has 2 N–H and O–H groups in total. The molecular formula is C13H19N3. The van der Waals surface area contributed by atoms with Gasteiger partial charge in [-0.2, -0.15) is 0 Å². The normalized spacial score (nSPS) is 11.2. The molecule has 0 bridgehead atoms. The molecule has 0 saturated heterocycles. The van der Waals surface area contributed by atoms with E-state index in [0.717, 1.165) is 30.7 Å². The van der Waals surface area contributed by atoms with Crippen LogP contribution in [0.5, 0.6) is 0 Å². The minimum absolute atomic E-state index is 0.723. The molecule has 86 valence electrons. The Morgan fingerprint density at radius 1 is 1.31 bits per heavy atom. The Morgan fingerprint density at radius 2 is 2.06 bits per heavy atom. The molecule has 1 aromatic carbocycles. The second-order valence-electron chi connectivity index (χ2n) is 4.43. The molecule has 0 amide bonds. The Hall–Kier alpha value is -1.35. The molecular weight excluding hydrogens is 198 g/mol.